The molecule has 12 heteroatoms. The molecule has 0 spiro atoms. The smallest absolute Gasteiger partial charge is 0.404 e. The number of rotatable bonds is 5. The summed E-state index contributed by atoms with van der Waals surface area (Å²) >= 11 is 5.74. The van der Waals surface area contributed by atoms with Crippen molar-refractivity contribution in [1.82, 2.24) is 9.29 Å². The summed E-state index contributed by atoms with van der Waals surface area (Å²) < 4.78 is 68.4. The zero-order chi connectivity index (χ0) is 21.9. The third kappa shape index (κ3) is 5.41. The fourth-order valence-corrected chi connectivity index (χ4v) is 4.74. The quantitative estimate of drug-likeness (QED) is 0.730. The summed E-state index contributed by atoms with van der Waals surface area (Å²) in [7, 11) is -4.23. The minimum Gasteiger partial charge on any atom is -0.404 e. The molecule has 1 saturated heterocycles. The Kier molecular flexibility index (Phi) is 6.53. The lowest BCUT2D eigenvalue weighted by molar-refractivity contribution is -0.275. The van der Waals surface area contributed by atoms with Gasteiger partial charge in [-0.05, 0) is 37.1 Å². The highest BCUT2D eigenvalue weighted by Crippen LogP contribution is 2.33. The third-order valence-corrected chi connectivity index (χ3v) is 6.66. The molecule has 162 valence electrons. The van der Waals surface area contributed by atoms with Crippen LogP contribution in [0, 0.1) is 5.92 Å². The van der Waals surface area contributed by atoms with Gasteiger partial charge in [-0.3, -0.25) is 4.79 Å². The molecule has 1 fully saturated rings. The summed E-state index contributed by atoms with van der Waals surface area (Å²) in [5, 5.41) is 3.06. The van der Waals surface area contributed by atoms with Crippen molar-refractivity contribution in [2.75, 3.05) is 18.4 Å². The first-order valence-electron chi connectivity index (χ1n) is 8.83. The number of piperidine rings is 1. The molecule has 1 N–H and O–H groups in total. The summed E-state index contributed by atoms with van der Waals surface area (Å²) in [6, 6.07) is 7.68. The molecular formula is C18H17ClF3N3O4S. The number of nitrogens with zero attached hydrogens (tertiary/aromatic N) is 2. The van der Waals surface area contributed by atoms with Gasteiger partial charge in [-0.1, -0.05) is 23.7 Å². The number of anilines is 1. The van der Waals surface area contributed by atoms with Gasteiger partial charge in [0.1, 0.15) is 16.5 Å². The van der Waals surface area contributed by atoms with Crippen LogP contribution >= 0.6 is 11.6 Å². The summed E-state index contributed by atoms with van der Waals surface area (Å²) in [5.74, 6) is -1.25. The molecule has 1 aliphatic rings. The van der Waals surface area contributed by atoms with E-state index in [1.54, 1.807) is 6.07 Å². The Hall–Kier alpha value is -2.37. The number of amides is 1. The van der Waals surface area contributed by atoms with Crippen LogP contribution in [-0.4, -0.2) is 43.1 Å². The molecule has 0 aliphatic carbocycles. The number of benzene rings is 1. The monoisotopic (exact) mass is 463 g/mol. The van der Waals surface area contributed by atoms with Crippen LogP contribution in [-0.2, 0) is 14.8 Å². The molecule has 2 aromatic rings. The van der Waals surface area contributed by atoms with Crippen LogP contribution in [0.25, 0.3) is 0 Å². The summed E-state index contributed by atoms with van der Waals surface area (Å²) in [4.78, 5) is 15.8. The van der Waals surface area contributed by atoms with E-state index < -0.39 is 32.9 Å². The van der Waals surface area contributed by atoms with Crippen molar-refractivity contribution < 1.29 is 31.1 Å². The van der Waals surface area contributed by atoms with Crippen molar-refractivity contribution in [3.8, 4) is 5.75 Å². The van der Waals surface area contributed by atoms with E-state index in [9.17, 15) is 26.4 Å². The Balaban J connectivity index is 1.67. The number of carbonyl (C=O) groups is 1. The highest BCUT2D eigenvalue weighted by molar-refractivity contribution is 7.89. The first-order chi connectivity index (χ1) is 14.1. The van der Waals surface area contributed by atoms with E-state index in [0.29, 0.717) is 10.8 Å². The van der Waals surface area contributed by atoms with Crippen LogP contribution in [0.2, 0.25) is 5.02 Å². The molecule has 1 aromatic heterocycles. The second-order valence-corrected chi connectivity index (χ2v) is 8.87. The van der Waals surface area contributed by atoms with Gasteiger partial charge in [-0.25, -0.2) is 13.4 Å². The second kappa shape index (κ2) is 8.78. The lowest BCUT2D eigenvalue weighted by Gasteiger charge is -2.30. The predicted molar refractivity (Wildman–Crippen MR) is 102 cm³/mol. The average Bonchev–Trinajstić information content (AvgIpc) is 2.69. The fourth-order valence-electron chi connectivity index (χ4n) is 3.05. The highest BCUT2D eigenvalue weighted by Gasteiger charge is 2.37. The van der Waals surface area contributed by atoms with E-state index in [2.05, 4.69) is 15.0 Å². The van der Waals surface area contributed by atoms with Gasteiger partial charge in [-0.15, -0.1) is 13.2 Å². The molecule has 1 aliphatic heterocycles. The molecule has 7 nitrogen and oxygen atoms in total. The minimum absolute atomic E-state index is 0.0190. The molecule has 1 amide bonds. The zero-order valence-electron chi connectivity index (χ0n) is 15.4. The van der Waals surface area contributed by atoms with Crippen molar-refractivity contribution in [2.24, 2.45) is 5.92 Å². The molecule has 30 heavy (non-hydrogen) atoms. The Morgan fingerprint density at radius 1 is 1.17 bits per heavy atom. The van der Waals surface area contributed by atoms with E-state index in [1.165, 1.54) is 24.4 Å². The number of halogens is 4. The van der Waals surface area contributed by atoms with Crippen molar-refractivity contribution in [3.05, 3.63) is 47.6 Å². The topological polar surface area (TPSA) is 88.6 Å². The van der Waals surface area contributed by atoms with E-state index in [0.717, 1.165) is 16.4 Å². The molecule has 3 rings (SSSR count). The predicted octanol–water partition coefficient (Wildman–Crippen LogP) is 3.67. The van der Waals surface area contributed by atoms with Gasteiger partial charge < -0.3 is 10.1 Å². The molecular weight excluding hydrogens is 447 g/mol. The van der Waals surface area contributed by atoms with Gasteiger partial charge in [0.05, 0.1) is 5.02 Å². The van der Waals surface area contributed by atoms with Gasteiger partial charge in [0.15, 0.2) is 0 Å². The van der Waals surface area contributed by atoms with E-state index in [-0.39, 0.29) is 31.8 Å². The van der Waals surface area contributed by atoms with Crippen molar-refractivity contribution in [1.29, 1.82) is 0 Å². The number of pyridine rings is 1. The average molecular weight is 464 g/mol. The van der Waals surface area contributed by atoms with Crippen LogP contribution in [0.5, 0.6) is 5.75 Å². The molecule has 0 saturated carbocycles. The molecule has 1 aromatic carbocycles. The Labute approximate surface area is 175 Å². The zero-order valence-corrected chi connectivity index (χ0v) is 17.0. The molecule has 2 heterocycles. The lowest BCUT2D eigenvalue weighted by atomic mass is 9.97. The van der Waals surface area contributed by atoms with Crippen molar-refractivity contribution in [2.45, 2.75) is 24.1 Å². The maximum absolute atomic E-state index is 12.8. The lowest BCUT2D eigenvalue weighted by Crippen LogP contribution is -2.41. The van der Waals surface area contributed by atoms with Crippen molar-refractivity contribution in [3.63, 3.8) is 0 Å². The first-order valence-corrected chi connectivity index (χ1v) is 10.7. The van der Waals surface area contributed by atoms with Gasteiger partial charge in [0.2, 0.25) is 15.9 Å². The number of nitrogens with one attached hydrogen (secondary N) is 1. The molecule has 0 bridgehead atoms. The highest BCUT2D eigenvalue weighted by atomic mass is 35.5. The summed E-state index contributed by atoms with van der Waals surface area (Å²) in [6.07, 6.45) is -3.22. The summed E-state index contributed by atoms with van der Waals surface area (Å²) in [6.45, 7) is -0.0381. The fraction of sp³-hybridized carbons (Fsp3) is 0.333. The Morgan fingerprint density at radius 2 is 1.83 bits per heavy atom. The largest absolute Gasteiger partial charge is 0.573 e. The Morgan fingerprint density at radius 3 is 2.43 bits per heavy atom. The van der Waals surface area contributed by atoms with E-state index in [4.69, 9.17) is 11.6 Å². The van der Waals surface area contributed by atoms with Gasteiger partial charge in [-0.2, -0.15) is 4.31 Å². The number of hydrogen-bond acceptors (Lipinski definition) is 5. The van der Waals surface area contributed by atoms with Crippen LogP contribution < -0.4 is 10.1 Å². The van der Waals surface area contributed by atoms with Gasteiger partial charge >= 0.3 is 6.36 Å². The van der Waals surface area contributed by atoms with Crippen molar-refractivity contribution >= 4 is 33.3 Å². The first kappa shape index (κ1) is 22.3. The second-order valence-electron chi connectivity index (χ2n) is 6.52. The van der Waals surface area contributed by atoms with Crippen LogP contribution in [0.1, 0.15) is 12.8 Å². The number of para-hydroxylation sites is 1. The van der Waals surface area contributed by atoms with E-state index >= 15 is 0 Å². The van der Waals surface area contributed by atoms with Crippen LogP contribution in [0.15, 0.2) is 47.5 Å². The number of alkyl halides is 3. The van der Waals surface area contributed by atoms with Gasteiger partial charge in [0, 0.05) is 25.2 Å². The third-order valence-electron chi connectivity index (χ3n) is 4.50. The number of carbonyl (C=O) groups excluding carboxylic acids is 1. The minimum atomic E-state index is -5.02. The Bertz CT molecular complexity index is 1010. The van der Waals surface area contributed by atoms with Gasteiger partial charge in [0.25, 0.3) is 0 Å². The molecule has 0 unspecified atom stereocenters. The standard InChI is InChI=1S/C18H17ClF3N3O4S/c19-13-5-6-16(23-11-13)24-17(26)12-7-9-25(10-8-12)30(27,28)15-4-2-1-3-14(15)29-18(20,21)22/h1-6,11-12H,7-10H2,(H,23,24,26). The van der Waals surface area contributed by atoms with Crippen LogP contribution in [0.3, 0.4) is 0 Å². The molecule has 0 radical (unpaired) electrons. The van der Waals surface area contributed by atoms with E-state index in [1.807, 2.05) is 0 Å². The SMILES string of the molecule is O=C(Nc1ccc(Cl)cn1)C1CCN(S(=O)(=O)c2ccccc2OC(F)(F)F)CC1. The maximum Gasteiger partial charge on any atom is 0.573 e. The number of hydrogen-bond donors (Lipinski definition) is 1. The van der Waals surface area contributed by atoms with Crippen LogP contribution in [0.4, 0.5) is 19.0 Å². The summed E-state index contributed by atoms with van der Waals surface area (Å²) in [5.41, 5.74) is 0. The number of aromatic nitrogens is 1. The number of ether oxygens (including phenoxy) is 1. The molecule has 0 atom stereocenters. The number of sulfonamides is 1. The maximum atomic E-state index is 12.8. The normalized spacial score (nSPS) is 16.3.